The highest BCUT2D eigenvalue weighted by Crippen LogP contribution is 2.32. The molecule has 1 aliphatic heterocycles. The van der Waals surface area contributed by atoms with Crippen LogP contribution in [0.4, 0.5) is 5.69 Å². The summed E-state index contributed by atoms with van der Waals surface area (Å²) in [5.41, 5.74) is 6.38. The van der Waals surface area contributed by atoms with Crippen molar-refractivity contribution in [2.24, 2.45) is 5.73 Å². The van der Waals surface area contributed by atoms with E-state index >= 15 is 0 Å². The molecular weight excluding hydrogens is 224 g/mol. The first-order chi connectivity index (χ1) is 8.00. The van der Waals surface area contributed by atoms with Crippen LogP contribution in [0.3, 0.4) is 0 Å². The van der Waals surface area contributed by atoms with Gasteiger partial charge in [0.05, 0.1) is 12.1 Å². The fourth-order valence-electron chi connectivity index (χ4n) is 1.85. The van der Waals surface area contributed by atoms with Crippen LogP contribution < -0.4 is 11.1 Å². The molecule has 90 valence electrons. The molecule has 0 aromatic heterocycles. The number of nitrogens with one attached hydrogen (secondary N) is 1. The van der Waals surface area contributed by atoms with Crippen LogP contribution in [0.5, 0.6) is 0 Å². The zero-order valence-corrected chi connectivity index (χ0v) is 8.88. The zero-order chi connectivity index (χ0) is 12.6. The van der Waals surface area contributed by atoms with Crippen molar-refractivity contribution in [3.63, 3.8) is 0 Å². The number of hydrogen-bond donors (Lipinski definition) is 4. The molecule has 1 aliphatic rings. The molecule has 1 aromatic rings. The second-order valence-electron chi connectivity index (χ2n) is 3.90. The lowest BCUT2D eigenvalue weighted by Gasteiger charge is -2.17. The summed E-state index contributed by atoms with van der Waals surface area (Å²) < 4.78 is 0. The van der Waals surface area contributed by atoms with E-state index in [2.05, 4.69) is 5.32 Å². The average molecular weight is 236 g/mol. The van der Waals surface area contributed by atoms with Crippen LogP contribution in [-0.4, -0.2) is 28.1 Å². The summed E-state index contributed by atoms with van der Waals surface area (Å²) >= 11 is 0. The van der Waals surface area contributed by atoms with Gasteiger partial charge < -0.3 is 21.3 Å². The number of amides is 2. The molecule has 2 unspecified atom stereocenters. The molecule has 0 bridgehead atoms. The molecule has 0 fully saturated rings. The molecule has 2 atom stereocenters. The third-order valence-electron chi connectivity index (χ3n) is 2.71. The molecule has 0 saturated carbocycles. The fraction of sp³-hybridized carbons (Fsp3) is 0.273. The van der Waals surface area contributed by atoms with Gasteiger partial charge in [-0.25, -0.2) is 0 Å². The number of nitrogens with two attached hydrogens (primary N) is 1. The van der Waals surface area contributed by atoms with E-state index in [0.717, 1.165) is 5.56 Å². The normalized spacial score (nSPS) is 17.2. The Hall–Kier alpha value is -1.92. The van der Waals surface area contributed by atoms with E-state index in [1.54, 1.807) is 12.1 Å². The number of benzene rings is 1. The lowest BCUT2D eigenvalue weighted by atomic mass is 9.99. The molecule has 0 spiro atoms. The van der Waals surface area contributed by atoms with Gasteiger partial charge in [0.2, 0.25) is 11.8 Å². The SMILES string of the molecule is NC(=O)C(O)C(O)c1cccc2c1NC(=O)C2. The van der Waals surface area contributed by atoms with Gasteiger partial charge in [0, 0.05) is 5.56 Å². The Morgan fingerprint density at radius 3 is 2.76 bits per heavy atom. The van der Waals surface area contributed by atoms with Gasteiger partial charge in [-0.3, -0.25) is 9.59 Å². The number of carbonyl (C=O) groups excluding carboxylic acids is 2. The number of hydrogen-bond acceptors (Lipinski definition) is 4. The van der Waals surface area contributed by atoms with Gasteiger partial charge in [-0.15, -0.1) is 0 Å². The third kappa shape index (κ3) is 2.00. The number of carbonyl (C=O) groups is 2. The lowest BCUT2D eigenvalue weighted by Crippen LogP contribution is -2.34. The van der Waals surface area contributed by atoms with E-state index in [9.17, 15) is 19.8 Å². The van der Waals surface area contributed by atoms with Crippen molar-refractivity contribution < 1.29 is 19.8 Å². The summed E-state index contributed by atoms with van der Waals surface area (Å²) in [6.07, 6.45) is -2.91. The highest BCUT2D eigenvalue weighted by Gasteiger charge is 2.29. The molecular formula is C11H12N2O4. The molecule has 0 aliphatic carbocycles. The monoisotopic (exact) mass is 236 g/mol. The third-order valence-corrected chi connectivity index (χ3v) is 2.71. The quantitative estimate of drug-likeness (QED) is 0.542. The molecule has 2 amide bonds. The van der Waals surface area contributed by atoms with Crippen molar-refractivity contribution in [2.45, 2.75) is 18.6 Å². The van der Waals surface area contributed by atoms with Gasteiger partial charge in [0.1, 0.15) is 6.10 Å². The van der Waals surface area contributed by atoms with Crippen molar-refractivity contribution in [3.8, 4) is 0 Å². The largest absolute Gasteiger partial charge is 0.385 e. The number of anilines is 1. The molecule has 6 nitrogen and oxygen atoms in total. The first-order valence-corrected chi connectivity index (χ1v) is 5.08. The summed E-state index contributed by atoms with van der Waals surface area (Å²) in [4.78, 5) is 22.0. The van der Waals surface area contributed by atoms with E-state index in [1.165, 1.54) is 6.07 Å². The molecule has 1 heterocycles. The van der Waals surface area contributed by atoms with Crippen molar-refractivity contribution >= 4 is 17.5 Å². The van der Waals surface area contributed by atoms with Crippen LogP contribution in [-0.2, 0) is 16.0 Å². The Kier molecular flexibility index (Phi) is 2.83. The first kappa shape index (κ1) is 11.6. The Balaban J connectivity index is 2.38. The lowest BCUT2D eigenvalue weighted by molar-refractivity contribution is -0.131. The highest BCUT2D eigenvalue weighted by molar-refractivity contribution is 6.00. The number of aliphatic hydroxyl groups is 2. The van der Waals surface area contributed by atoms with Gasteiger partial charge in [-0.1, -0.05) is 18.2 Å². The second kappa shape index (κ2) is 4.15. The first-order valence-electron chi connectivity index (χ1n) is 5.08. The Bertz CT molecular complexity index is 486. The van der Waals surface area contributed by atoms with E-state index in [-0.39, 0.29) is 12.3 Å². The number of rotatable bonds is 3. The van der Waals surface area contributed by atoms with E-state index in [1.807, 2.05) is 0 Å². The molecule has 6 heteroatoms. The standard InChI is InChI=1S/C11H12N2O4/c12-11(17)10(16)9(15)6-3-1-2-5-4-7(14)13-8(5)6/h1-3,9-10,15-16H,4H2,(H2,12,17)(H,13,14). The van der Waals surface area contributed by atoms with E-state index < -0.39 is 18.1 Å². The molecule has 1 aromatic carbocycles. The zero-order valence-electron chi connectivity index (χ0n) is 8.88. The summed E-state index contributed by atoms with van der Waals surface area (Å²) in [7, 11) is 0. The Morgan fingerprint density at radius 2 is 2.12 bits per heavy atom. The van der Waals surface area contributed by atoms with Gasteiger partial charge >= 0.3 is 0 Å². The number of aliphatic hydroxyl groups excluding tert-OH is 2. The second-order valence-corrected chi connectivity index (χ2v) is 3.90. The van der Waals surface area contributed by atoms with Crippen LogP contribution in [0, 0.1) is 0 Å². The minimum Gasteiger partial charge on any atom is -0.385 e. The molecule has 17 heavy (non-hydrogen) atoms. The number of primary amides is 1. The van der Waals surface area contributed by atoms with Gasteiger partial charge in [-0.2, -0.15) is 0 Å². The van der Waals surface area contributed by atoms with Crippen LogP contribution >= 0.6 is 0 Å². The van der Waals surface area contributed by atoms with Crippen molar-refractivity contribution in [2.75, 3.05) is 5.32 Å². The number of fused-ring (bicyclic) bond motifs is 1. The van der Waals surface area contributed by atoms with Crippen molar-refractivity contribution in [1.29, 1.82) is 0 Å². The predicted molar refractivity (Wildman–Crippen MR) is 58.9 cm³/mol. The summed E-state index contributed by atoms with van der Waals surface area (Å²) in [6, 6.07) is 4.91. The maximum absolute atomic E-state index is 11.2. The summed E-state index contributed by atoms with van der Waals surface area (Å²) in [6.45, 7) is 0. The van der Waals surface area contributed by atoms with Crippen molar-refractivity contribution in [3.05, 3.63) is 29.3 Å². The van der Waals surface area contributed by atoms with Gasteiger partial charge in [0.25, 0.3) is 0 Å². The fourth-order valence-corrected chi connectivity index (χ4v) is 1.85. The minimum absolute atomic E-state index is 0.187. The Labute approximate surface area is 97.1 Å². The van der Waals surface area contributed by atoms with Crippen LogP contribution in [0.2, 0.25) is 0 Å². The van der Waals surface area contributed by atoms with Crippen molar-refractivity contribution in [1.82, 2.24) is 0 Å². The molecule has 0 radical (unpaired) electrons. The summed E-state index contributed by atoms with van der Waals surface area (Å²) in [5, 5.41) is 21.8. The van der Waals surface area contributed by atoms with E-state index in [0.29, 0.717) is 11.3 Å². The topological polar surface area (TPSA) is 113 Å². The van der Waals surface area contributed by atoms with Gasteiger partial charge in [0.15, 0.2) is 6.10 Å². The predicted octanol–water partition coefficient (Wildman–Crippen LogP) is -0.939. The van der Waals surface area contributed by atoms with Crippen LogP contribution in [0.25, 0.3) is 0 Å². The average Bonchev–Trinajstić information content (AvgIpc) is 2.66. The molecule has 2 rings (SSSR count). The van der Waals surface area contributed by atoms with Gasteiger partial charge in [-0.05, 0) is 5.56 Å². The maximum atomic E-state index is 11.2. The molecule has 5 N–H and O–H groups in total. The maximum Gasteiger partial charge on any atom is 0.249 e. The van der Waals surface area contributed by atoms with Crippen LogP contribution in [0.15, 0.2) is 18.2 Å². The smallest absolute Gasteiger partial charge is 0.249 e. The Morgan fingerprint density at radius 1 is 1.41 bits per heavy atom. The van der Waals surface area contributed by atoms with E-state index in [4.69, 9.17) is 5.73 Å². The molecule has 0 saturated heterocycles. The summed E-state index contributed by atoms with van der Waals surface area (Å²) in [5.74, 6) is -1.20. The van der Waals surface area contributed by atoms with Crippen LogP contribution in [0.1, 0.15) is 17.2 Å². The minimum atomic E-state index is -1.70. The number of para-hydroxylation sites is 1. The highest BCUT2D eigenvalue weighted by atomic mass is 16.3.